The molecular formula is C16H14ClFN2O2. The summed E-state index contributed by atoms with van der Waals surface area (Å²) in [7, 11) is 1.53. The van der Waals surface area contributed by atoms with Gasteiger partial charge >= 0.3 is 0 Å². The number of hydrogen-bond donors (Lipinski definition) is 1. The Morgan fingerprint density at radius 2 is 2.05 bits per heavy atom. The molecule has 0 heterocycles. The second-order valence-corrected chi connectivity index (χ2v) is 4.90. The summed E-state index contributed by atoms with van der Waals surface area (Å²) < 4.78 is 17.8. The molecule has 2 rings (SSSR count). The first kappa shape index (κ1) is 16.0. The number of carbonyl (C=O) groups is 1. The molecule has 4 nitrogen and oxygen atoms in total. The van der Waals surface area contributed by atoms with Crippen molar-refractivity contribution in [3.63, 3.8) is 0 Å². The van der Waals surface area contributed by atoms with Gasteiger partial charge in [0.05, 0.1) is 24.8 Å². The Labute approximate surface area is 132 Å². The van der Waals surface area contributed by atoms with Gasteiger partial charge in [-0.2, -0.15) is 5.10 Å². The summed E-state index contributed by atoms with van der Waals surface area (Å²) in [5, 5.41) is 4.32. The van der Waals surface area contributed by atoms with Gasteiger partial charge in [-0.1, -0.05) is 23.7 Å². The fourth-order valence-corrected chi connectivity index (χ4v) is 2.04. The number of halogens is 2. The molecule has 0 aromatic heterocycles. The third kappa shape index (κ3) is 4.56. The van der Waals surface area contributed by atoms with E-state index in [1.165, 1.54) is 25.5 Å². The summed E-state index contributed by atoms with van der Waals surface area (Å²) in [5.74, 6) is -0.0554. The number of nitrogens with zero attached hydrogens (tertiary/aromatic N) is 1. The van der Waals surface area contributed by atoms with E-state index in [-0.39, 0.29) is 18.1 Å². The van der Waals surface area contributed by atoms with Crippen LogP contribution in [0.3, 0.4) is 0 Å². The van der Waals surface area contributed by atoms with Crippen molar-refractivity contribution in [1.29, 1.82) is 0 Å². The van der Waals surface area contributed by atoms with Crippen molar-refractivity contribution in [3.05, 3.63) is 64.4 Å². The van der Waals surface area contributed by atoms with Crippen LogP contribution in [-0.2, 0) is 11.2 Å². The third-order valence-electron chi connectivity index (χ3n) is 2.86. The highest BCUT2D eigenvalue weighted by molar-refractivity contribution is 6.32. The van der Waals surface area contributed by atoms with Crippen LogP contribution >= 0.6 is 11.6 Å². The summed E-state index contributed by atoms with van der Waals surface area (Å²) in [6.07, 6.45) is 1.61. The van der Waals surface area contributed by atoms with Crippen LogP contribution in [-0.4, -0.2) is 19.2 Å². The normalized spacial score (nSPS) is 10.7. The Kier molecular flexibility index (Phi) is 5.49. The fraction of sp³-hybridized carbons (Fsp3) is 0.125. The highest BCUT2D eigenvalue weighted by Crippen LogP contribution is 2.24. The van der Waals surface area contributed by atoms with Gasteiger partial charge in [0.15, 0.2) is 0 Å². The summed E-state index contributed by atoms with van der Waals surface area (Å²) in [6.45, 7) is 0. The lowest BCUT2D eigenvalue weighted by Gasteiger charge is -2.03. The first-order valence-corrected chi connectivity index (χ1v) is 6.86. The lowest BCUT2D eigenvalue weighted by atomic mass is 10.1. The number of amides is 1. The van der Waals surface area contributed by atoms with Gasteiger partial charge < -0.3 is 4.74 Å². The van der Waals surface area contributed by atoms with E-state index < -0.39 is 0 Å². The number of ether oxygens (including phenoxy) is 1. The van der Waals surface area contributed by atoms with Crippen molar-refractivity contribution in [2.75, 3.05) is 7.11 Å². The van der Waals surface area contributed by atoms with Crippen molar-refractivity contribution in [2.45, 2.75) is 6.42 Å². The zero-order valence-electron chi connectivity index (χ0n) is 11.8. The number of hydrogen-bond acceptors (Lipinski definition) is 3. The predicted octanol–water partition coefficient (Wildman–Crippen LogP) is 3.18. The molecule has 0 aliphatic rings. The molecule has 0 bridgehead atoms. The first-order chi connectivity index (χ1) is 10.6. The Hall–Kier alpha value is -2.40. The summed E-state index contributed by atoms with van der Waals surface area (Å²) in [4.78, 5) is 11.7. The molecule has 0 radical (unpaired) electrons. The molecule has 0 spiro atoms. The van der Waals surface area contributed by atoms with Crippen LogP contribution in [0.25, 0.3) is 0 Å². The number of hydrazone groups is 1. The van der Waals surface area contributed by atoms with Crippen molar-refractivity contribution in [3.8, 4) is 5.75 Å². The molecule has 6 heteroatoms. The Morgan fingerprint density at radius 1 is 1.32 bits per heavy atom. The van der Waals surface area contributed by atoms with Gasteiger partial charge in [0.25, 0.3) is 0 Å². The molecular weight excluding hydrogens is 307 g/mol. The van der Waals surface area contributed by atoms with Gasteiger partial charge in [0, 0.05) is 0 Å². The second-order valence-electron chi connectivity index (χ2n) is 4.49. The largest absolute Gasteiger partial charge is 0.495 e. The molecule has 0 saturated carbocycles. The van der Waals surface area contributed by atoms with Crippen molar-refractivity contribution in [1.82, 2.24) is 5.43 Å². The number of benzene rings is 2. The van der Waals surface area contributed by atoms with Gasteiger partial charge in [-0.25, -0.2) is 9.82 Å². The summed E-state index contributed by atoms with van der Waals surface area (Å²) >= 11 is 5.99. The number of carbonyl (C=O) groups excluding carboxylic acids is 1. The molecule has 0 atom stereocenters. The predicted molar refractivity (Wildman–Crippen MR) is 83.8 cm³/mol. The van der Waals surface area contributed by atoms with E-state index in [1.54, 1.807) is 30.3 Å². The van der Waals surface area contributed by atoms with E-state index in [1.807, 2.05) is 0 Å². The second kappa shape index (κ2) is 7.56. The minimum absolute atomic E-state index is 0.126. The van der Waals surface area contributed by atoms with Gasteiger partial charge in [-0.05, 0) is 41.5 Å². The van der Waals surface area contributed by atoms with E-state index in [2.05, 4.69) is 10.5 Å². The molecule has 2 aromatic rings. The Balaban J connectivity index is 1.90. The quantitative estimate of drug-likeness (QED) is 0.679. The van der Waals surface area contributed by atoms with Crippen molar-refractivity contribution < 1.29 is 13.9 Å². The van der Waals surface area contributed by atoms with Gasteiger partial charge in [-0.15, -0.1) is 0 Å². The highest BCUT2D eigenvalue weighted by Gasteiger charge is 2.03. The minimum atomic E-state index is -0.335. The SMILES string of the molecule is COc1ccc(/C=N/NC(=O)Cc2ccc(F)cc2)cc1Cl. The molecule has 0 aliphatic heterocycles. The molecule has 0 fully saturated rings. The van der Waals surface area contributed by atoms with Crippen molar-refractivity contribution in [2.24, 2.45) is 5.10 Å². The molecule has 2 aromatic carbocycles. The average molecular weight is 321 g/mol. The average Bonchev–Trinajstić information content (AvgIpc) is 2.50. The Bertz CT molecular complexity index is 687. The maximum Gasteiger partial charge on any atom is 0.244 e. The molecule has 0 aliphatic carbocycles. The van der Waals surface area contributed by atoms with E-state index in [4.69, 9.17) is 16.3 Å². The number of rotatable bonds is 5. The fourth-order valence-electron chi connectivity index (χ4n) is 1.77. The Morgan fingerprint density at radius 3 is 2.68 bits per heavy atom. The summed E-state index contributed by atoms with van der Waals surface area (Å²) in [5.41, 5.74) is 3.84. The molecule has 1 N–H and O–H groups in total. The van der Waals surface area contributed by atoms with Crippen LogP contribution < -0.4 is 10.2 Å². The smallest absolute Gasteiger partial charge is 0.244 e. The van der Waals surface area contributed by atoms with E-state index >= 15 is 0 Å². The van der Waals surface area contributed by atoms with E-state index in [0.29, 0.717) is 16.3 Å². The van der Waals surface area contributed by atoms with E-state index in [0.717, 1.165) is 5.56 Å². The van der Waals surface area contributed by atoms with Crippen LogP contribution in [0.5, 0.6) is 5.75 Å². The van der Waals surface area contributed by atoms with Gasteiger partial charge in [0.2, 0.25) is 5.91 Å². The lowest BCUT2D eigenvalue weighted by Crippen LogP contribution is -2.19. The van der Waals surface area contributed by atoms with Crippen LogP contribution in [0.15, 0.2) is 47.6 Å². The van der Waals surface area contributed by atoms with Crippen LogP contribution in [0.2, 0.25) is 5.02 Å². The standard InChI is InChI=1S/C16H14ClFN2O2/c1-22-15-7-4-12(8-14(15)17)10-19-20-16(21)9-11-2-5-13(18)6-3-11/h2-8,10H,9H2,1H3,(H,20,21)/b19-10+. The first-order valence-electron chi connectivity index (χ1n) is 6.48. The molecule has 114 valence electrons. The molecule has 0 unspecified atom stereocenters. The molecule has 1 amide bonds. The van der Waals surface area contributed by atoms with Crippen LogP contribution in [0.1, 0.15) is 11.1 Å². The maximum absolute atomic E-state index is 12.8. The van der Waals surface area contributed by atoms with E-state index in [9.17, 15) is 9.18 Å². The third-order valence-corrected chi connectivity index (χ3v) is 3.15. The topological polar surface area (TPSA) is 50.7 Å². The van der Waals surface area contributed by atoms with Gasteiger partial charge in [-0.3, -0.25) is 4.79 Å². The zero-order valence-corrected chi connectivity index (χ0v) is 12.6. The monoisotopic (exact) mass is 320 g/mol. The minimum Gasteiger partial charge on any atom is -0.495 e. The van der Waals surface area contributed by atoms with Gasteiger partial charge in [0.1, 0.15) is 11.6 Å². The number of methoxy groups -OCH3 is 1. The molecule has 0 saturated heterocycles. The van der Waals surface area contributed by atoms with Crippen molar-refractivity contribution >= 4 is 23.7 Å². The molecule has 22 heavy (non-hydrogen) atoms. The highest BCUT2D eigenvalue weighted by atomic mass is 35.5. The van der Waals surface area contributed by atoms with Crippen LogP contribution in [0.4, 0.5) is 4.39 Å². The van der Waals surface area contributed by atoms with Crippen LogP contribution in [0, 0.1) is 5.82 Å². The maximum atomic E-state index is 12.8. The summed E-state index contributed by atoms with van der Waals surface area (Å²) in [6, 6.07) is 10.9. The lowest BCUT2D eigenvalue weighted by molar-refractivity contribution is -0.120. The number of nitrogens with one attached hydrogen (secondary N) is 1. The zero-order chi connectivity index (χ0) is 15.9.